The number of carbonyl (C=O) groups is 1. The number of aromatic amines is 1. The first kappa shape index (κ1) is 28.9. The summed E-state index contributed by atoms with van der Waals surface area (Å²) in [6.45, 7) is 6.15. The van der Waals surface area contributed by atoms with E-state index in [9.17, 15) is 14.0 Å². The van der Waals surface area contributed by atoms with Gasteiger partial charge in [-0.1, -0.05) is 12.5 Å². The average molecular weight is 598 g/mol. The summed E-state index contributed by atoms with van der Waals surface area (Å²) in [7, 11) is 0. The summed E-state index contributed by atoms with van der Waals surface area (Å²) in [5, 5.41) is 3.86. The number of amides is 1. The molecule has 2 aliphatic carbocycles. The van der Waals surface area contributed by atoms with Crippen molar-refractivity contribution < 1.29 is 13.9 Å². The Morgan fingerprint density at radius 2 is 1.86 bits per heavy atom. The van der Waals surface area contributed by atoms with Gasteiger partial charge in [0.1, 0.15) is 17.2 Å². The lowest BCUT2D eigenvalue weighted by molar-refractivity contribution is 0.0923. The summed E-state index contributed by atoms with van der Waals surface area (Å²) < 4.78 is 21.5. The predicted molar refractivity (Wildman–Crippen MR) is 169 cm³/mol. The van der Waals surface area contributed by atoms with Crippen LogP contribution >= 0.6 is 0 Å². The van der Waals surface area contributed by atoms with Crippen molar-refractivity contribution >= 4 is 16.8 Å². The molecule has 4 aromatic rings. The molecule has 2 saturated carbocycles. The second-order valence-electron chi connectivity index (χ2n) is 12.5. The zero-order chi connectivity index (χ0) is 30.2. The number of likely N-dealkylation sites (tertiary alicyclic amines) is 1. The molecule has 0 spiro atoms. The average Bonchev–Trinajstić information content (AvgIpc) is 3.97. The molecule has 0 bridgehead atoms. The molecule has 0 radical (unpaired) electrons. The van der Waals surface area contributed by atoms with Crippen LogP contribution in [0.1, 0.15) is 91.0 Å². The molecule has 230 valence electrons. The second kappa shape index (κ2) is 12.3. The number of nitrogens with zero attached hydrogens (tertiary/aromatic N) is 3. The SMILES string of the molecule is CCOCCNC(=O)c1cc(F)ccc1-c1cc(C2CC2)nc(-n2cc(C3CC3)c3cc(CN4CCCCC4)[nH]c3c2=O)c1. The molecule has 3 aliphatic rings. The Morgan fingerprint density at radius 3 is 2.61 bits per heavy atom. The second-order valence-corrected chi connectivity index (χ2v) is 12.5. The Hall–Kier alpha value is -3.82. The molecule has 1 aromatic carbocycles. The zero-order valence-electron chi connectivity index (χ0n) is 25.3. The Bertz CT molecular complexity index is 1750. The first-order chi connectivity index (χ1) is 21.5. The van der Waals surface area contributed by atoms with Gasteiger partial charge in [-0.05, 0) is 111 Å². The molecular formula is C35H40FN5O3. The molecule has 8 nitrogen and oxygen atoms in total. The van der Waals surface area contributed by atoms with Gasteiger partial charge in [-0.25, -0.2) is 9.37 Å². The summed E-state index contributed by atoms with van der Waals surface area (Å²) >= 11 is 0. The largest absolute Gasteiger partial charge is 0.380 e. The van der Waals surface area contributed by atoms with Gasteiger partial charge in [-0.15, -0.1) is 0 Å². The molecule has 4 heterocycles. The van der Waals surface area contributed by atoms with Crippen molar-refractivity contribution in [3.63, 3.8) is 0 Å². The molecule has 7 rings (SSSR count). The Kier molecular flexibility index (Phi) is 8.08. The summed E-state index contributed by atoms with van der Waals surface area (Å²) in [6.07, 6.45) is 9.98. The Balaban J connectivity index is 1.30. The molecule has 3 fully saturated rings. The number of hydrogen-bond donors (Lipinski definition) is 2. The van der Waals surface area contributed by atoms with Crippen molar-refractivity contribution in [3.8, 4) is 16.9 Å². The van der Waals surface area contributed by atoms with Crippen LogP contribution in [-0.2, 0) is 11.3 Å². The number of benzene rings is 1. The van der Waals surface area contributed by atoms with E-state index in [0.29, 0.717) is 48.5 Å². The van der Waals surface area contributed by atoms with Crippen LogP contribution < -0.4 is 10.9 Å². The highest BCUT2D eigenvalue weighted by Gasteiger charge is 2.30. The monoisotopic (exact) mass is 597 g/mol. The van der Waals surface area contributed by atoms with E-state index in [2.05, 4.69) is 21.3 Å². The minimum absolute atomic E-state index is 0.131. The predicted octanol–water partition coefficient (Wildman–Crippen LogP) is 6.03. The van der Waals surface area contributed by atoms with E-state index in [1.54, 1.807) is 10.6 Å². The summed E-state index contributed by atoms with van der Waals surface area (Å²) in [6, 6.07) is 10.3. The molecule has 3 aromatic heterocycles. The lowest BCUT2D eigenvalue weighted by Crippen LogP contribution is -2.29. The van der Waals surface area contributed by atoms with E-state index < -0.39 is 5.82 Å². The van der Waals surface area contributed by atoms with Gasteiger partial charge in [-0.3, -0.25) is 19.1 Å². The van der Waals surface area contributed by atoms with Crippen molar-refractivity contribution in [1.82, 2.24) is 24.8 Å². The standard InChI is InChI=1S/C35H40FN5O3/c1-2-44-15-12-37-34(42)29-18-25(36)10-11-27(29)24-16-31(23-8-9-23)39-32(17-24)41-21-30(22-6-7-22)28-19-26(38-33(28)35(41)43)20-40-13-4-3-5-14-40/h10-11,16-19,21-23,38H,2-9,12-15,20H2,1H3,(H,37,42). The fraction of sp³-hybridized carbons (Fsp3) is 0.457. The minimum Gasteiger partial charge on any atom is -0.380 e. The molecule has 0 unspecified atom stereocenters. The molecular weight excluding hydrogens is 557 g/mol. The molecule has 0 atom stereocenters. The van der Waals surface area contributed by atoms with Crippen LogP contribution in [0.4, 0.5) is 4.39 Å². The number of hydrogen-bond acceptors (Lipinski definition) is 5. The molecule has 1 aliphatic heterocycles. The van der Waals surface area contributed by atoms with E-state index in [-0.39, 0.29) is 17.0 Å². The van der Waals surface area contributed by atoms with E-state index in [1.807, 2.05) is 25.3 Å². The number of piperidine rings is 1. The number of aromatic nitrogens is 3. The fourth-order valence-electron chi connectivity index (χ4n) is 6.46. The first-order valence-corrected chi connectivity index (χ1v) is 16.2. The lowest BCUT2D eigenvalue weighted by atomic mass is 9.98. The third-order valence-corrected chi connectivity index (χ3v) is 9.09. The van der Waals surface area contributed by atoms with Crippen molar-refractivity contribution in [3.05, 3.63) is 81.3 Å². The normalized spacial score (nSPS) is 17.3. The third kappa shape index (κ3) is 6.08. The van der Waals surface area contributed by atoms with Crippen LogP contribution in [0, 0.1) is 5.82 Å². The van der Waals surface area contributed by atoms with E-state index in [0.717, 1.165) is 67.7 Å². The van der Waals surface area contributed by atoms with Gasteiger partial charge in [0, 0.05) is 48.6 Å². The minimum atomic E-state index is -0.483. The quantitative estimate of drug-likeness (QED) is 0.206. The highest BCUT2D eigenvalue weighted by atomic mass is 19.1. The van der Waals surface area contributed by atoms with Crippen LogP contribution in [0.25, 0.3) is 27.8 Å². The molecule has 2 N–H and O–H groups in total. The zero-order valence-corrected chi connectivity index (χ0v) is 25.3. The molecule has 1 amide bonds. The molecule has 9 heteroatoms. The smallest absolute Gasteiger partial charge is 0.280 e. The summed E-state index contributed by atoms with van der Waals surface area (Å²) in [4.78, 5) is 38.3. The third-order valence-electron chi connectivity index (χ3n) is 9.09. The van der Waals surface area contributed by atoms with Crippen LogP contribution in [0.3, 0.4) is 0 Å². The van der Waals surface area contributed by atoms with Crippen molar-refractivity contribution in [2.75, 3.05) is 32.8 Å². The number of H-pyrrole nitrogens is 1. The van der Waals surface area contributed by atoms with E-state index in [4.69, 9.17) is 9.72 Å². The fourth-order valence-corrected chi connectivity index (χ4v) is 6.46. The van der Waals surface area contributed by atoms with Crippen molar-refractivity contribution in [1.29, 1.82) is 0 Å². The highest BCUT2D eigenvalue weighted by molar-refractivity contribution is 6.01. The summed E-state index contributed by atoms with van der Waals surface area (Å²) in [5.74, 6) is 0.410. The van der Waals surface area contributed by atoms with Crippen LogP contribution in [0.5, 0.6) is 0 Å². The van der Waals surface area contributed by atoms with Gasteiger partial charge in [0.25, 0.3) is 11.5 Å². The van der Waals surface area contributed by atoms with Gasteiger partial charge in [0.2, 0.25) is 0 Å². The number of pyridine rings is 2. The van der Waals surface area contributed by atoms with Crippen molar-refractivity contribution in [2.45, 2.75) is 70.3 Å². The van der Waals surface area contributed by atoms with Gasteiger partial charge >= 0.3 is 0 Å². The van der Waals surface area contributed by atoms with Crippen LogP contribution in [-0.4, -0.2) is 58.2 Å². The number of fused-ring (bicyclic) bond motifs is 1. The maximum absolute atomic E-state index is 14.4. The Labute approximate surface area is 256 Å². The number of ether oxygens (including phenoxy) is 1. The molecule has 44 heavy (non-hydrogen) atoms. The van der Waals surface area contributed by atoms with Crippen LogP contribution in [0.2, 0.25) is 0 Å². The van der Waals surface area contributed by atoms with Gasteiger partial charge in [-0.2, -0.15) is 0 Å². The van der Waals surface area contributed by atoms with E-state index in [1.165, 1.54) is 37.0 Å². The number of nitrogens with one attached hydrogen (secondary N) is 2. The number of rotatable bonds is 11. The van der Waals surface area contributed by atoms with E-state index >= 15 is 0 Å². The number of halogens is 1. The summed E-state index contributed by atoms with van der Waals surface area (Å²) in [5.41, 5.74) is 5.22. The topological polar surface area (TPSA) is 92.2 Å². The first-order valence-electron chi connectivity index (χ1n) is 16.2. The Morgan fingerprint density at radius 1 is 1.07 bits per heavy atom. The van der Waals surface area contributed by atoms with Crippen LogP contribution in [0.15, 0.2) is 47.4 Å². The van der Waals surface area contributed by atoms with Gasteiger partial charge < -0.3 is 15.0 Å². The maximum atomic E-state index is 14.4. The van der Waals surface area contributed by atoms with Gasteiger partial charge in [0.05, 0.1) is 12.2 Å². The van der Waals surface area contributed by atoms with Crippen molar-refractivity contribution in [2.24, 2.45) is 0 Å². The highest BCUT2D eigenvalue weighted by Crippen LogP contribution is 2.44. The molecule has 1 saturated heterocycles. The maximum Gasteiger partial charge on any atom is 0.280 e. The lowest BCUT2D eigenvalue weighted by Gasteiger charge is -2.25. The van der Waals surface area contributed by atoms with Gasteiger partial charge in [0.15, 0.2) is 0 Å². The number of carbonyl (C=O) groups excluding carboxylic acids is 1.